The van der Waals surface area contributed by atoms with Gasteiger partial charge < -0.3 is 5.11 Å². The average molecular weight is 232 g/mol. The molecule has 0 unspecified atom stereocenters. The maximum absolute atomic E-state index is 12.3. The zero-order valence-corrected chi connectivity index (χ0v) is 8.03. The van der Waals surface area contributed by atoms with Crippen molar-refractivity contribution in [3.63, 3.8) is 0 Å². The van der Waals surface area contributed by atoms with Crippen LogP contribution in [-0.4, -0.2) is 23.8 Å². The van der Waals surface area contributed by atoms with Crippen molar-refractivity contribution >= 4 is 0 Å². The number of hydrogen-bond acceptors (Lipinski definition) is 1. The molecule has 90 valence electrons. The summed E-state index contributed by atoms with van der Waals surface area (Å²) in [6.07, 6.45) is -3.30. The second-order valence-corrected chi connectivity index (χ2v) is 3.08. The minimum absolute atomic E-state index is 0.0248. The molecule has 0 aliphatic rings. The number of alkyl halides is 5. The normalized spacial score (nSPS) is 13.7. The van der Waals surface area contributed by atoms with Gasteiger partial charge in [-0.15, -0.1) is 0 Å². The van der Waals surface area contributed by atoms with E-state index in [-0.39, 0.29) is 13.0 Å². The Hall–Kier alpha value is -0.650. The lowest BCUT2D eigenvalue weighted by Gasteiger charge is -2.18. The fourth-order valence-electron chi connectivity index (χ4n) is 0.851. The van der Waals surface area contributed by atoms with E-state index in [1.165, 1.54) is 12.2 Å². The lowest BCUT2D eigenvalue weighted by Crippen LogP contribution is -2.35. The van der Waals surface area contributed by atoms with E-state index in [0.29, 0.717) is 12.8 Å². The molecular formula is C9H13F5O. The first-order chi connectivity index (χ1) is 6.81. The van der Waals surface area contributed by atoms with E-state index in [0.717, 1.165) is 0 Å². The summed E-state index contributed by atoms with van der Waals surface area (Å²) in [5, 5.41) is 8.36. The monoisotopic (exact) mass is 232 g/mol. The van der Waals surface area contributed by atoms with Gasteiger partial charge in [-0.25, -0.2) is 0 Å². The quantitative estimate of drug-likeness (QED) is 0.423. The van der Waals surface area contributed by atoms with Gasteiger partial charge in [-0.3, -0.25) is 0 Å². The van der Waals surface area contributed by atoms with Crippen molar-refractivity contribution in [2.75, 3.05) is 6.61 Å². The maximum Gasteiger partial charge on any atom is 0.453 e. The SMILES string of the molecule is OCCC/C=C/CCC(F)(F)C(F)(F)F. The van der Waals surface area contributed by atoms with Crippen LogP contribution in [0, 0.1) is 0 Å². The van der Waals surface area contributed by atoms with Crippen LogP contribution in [0.25, 0.3) is 0 Å². The predicted octanol–water partition coefficient (Wildman–Crippen LogP) is 3.29. The van der Waals surface area contributed by atoms with E-state index in [1.807, 2.05) is 0 Å². The minimum Gasteiger partial charge on any atom is -0.396 e. The van der Waals surface area contributed by atoms with Crippen LogP contribution in [0.2, 0.25) is 0 Å². The summed E-state index contributed by atoms with van der Waals surface area (Å²) in [5.74, 6) is -4.62. The van der Waals surface area contributed by atoms with Crippen molar-refractivity contribution in [3.05, 3.63) is 12.2 Å². The molecule has 0 heterocycles. The number of rotatable bonds is 6. The summed E-state index contributed by atoms with van der Waals surface area (Å²) in [6.45, 7) is -0.0248. The summed E-state index contributed by atoms with van der Waals surface area (Å²) in [7, 11) is 0. The first-order valence-corrected chi connectivity index (χ1v) is 4.51. The molecule has 6 heteroatoms. The molecule has 0 aromatic rings. The Morgan fingerprint density at radius 3 is 1.93 bits per heavy atom. The van der Waals surface area contributed by atoms with E-state index >= 15 is 0 Å². The van der Waals surface area contributed by atoms with E-state index in [9.17, 15) is 22.0 Å². The van der Waals surface area contributed by atoms with Gasteiger partial charge in [-0.1, -0.05) is 12.2 Å². The second kappa shape index (κ2) is 6.05. The second-order valence-electron chi connectivity index (χ2n) is 3.08. The van der Waals surface area contributed by atoms with Crippen LogP contribution in [0.4, 0.5) is 22.0 Å². The molecule has 0 radical (unpaired) electrons. The molecule has 0 saturated heterocycles. The standard InChI is InChI=1S/C9H13F5O/c10-8(11,9(12,13)14)6-4-2-1-3-5-7-15/h1-2,15H,3-7H2/b2-1+. The molecule has 0 aliphatic carbocycles. The molecule has 0 fully saturated rings. The molecule has 0 amide bonds. The molecule has 0 bridgehead atoms. The predicted molar refractivity (Wildman–Crippen MR) is 45.7 cm³/mol. The zero-order valence-electron chi connectivity index (χ0n) is 8.03. The van der Waals surface area contributed by atoms with Gasteiger partial charge >= 0.3 is 12.1 Å². The summed E-state index contributed by atoms with van der Waals surface area (Å²) in [6, 6.07) is 0. The molecule has 1 N–H and O–H groups in total. The van der Waals surface area contributed by atoms with Crippen molar-refractivity contribution < 1.29 is 27.1 Å². The van der Waals surface area contributed by atoms with E-state index in [4.69, 9.17) is 5.11 Å². The number of aliphatic hydroxyl groups is 1. The summed E-state index contributed by atoms with van der Waals surface area (Å²) < 4.78 is 59.6. The largest absolute Gasteiger partial charge is 0.453 e. The van der Waals surface area contributed by atoms with E-state index < -0.39 is 18.5 Å². The smallest absolute Gasteiger partial charge is 0.396 e. The summed E-state index contributed by atoms with van der Waals surface area (Å²) >= 11 is 0. The molecule has 0 rings (SSSR count). The first-order valence-electron chi connectivity index (χ1n) is 4.51. The molecule has 0 aromatic heterocycles. The molecule has 1 nitrogen and oxygen atoms in total. The molecule has 0 saturated carbocycles. The van der Waals surface area contributed by atoms with E-state index in [1.54, 1.807) is 0 Å². The molecule has 0 atom stereocenters. The van der Waals surface area contributed by atoms with Crippen LogP contribution in [0.5, 0.6) is 0 Å². The minimum atomic E-state index is -5.47. The van der Waals surface area contributed by atoms with Crippen molar-refractivity contribution in [1.82, 2.24) is 0 Å². The van der Waals surface area contributed by atoms with Gasteiger partial charge in [0.2, 0.25) is 0 Å². The lowest BCUT2D eigenvalue weighted by atomic mass is 10.1. The fraction of sp³-hybridized carbons (Fsp3) is 0.778. The third kappa shape index (κ3) is 5.71. The maximum atomic E-state index is 12.3. The molecule has 0 spiro atoms. The highest BCUT2D eigenvalue weighted by Gasteiger charge is 2.56. The van der Waals surface area contributed by atoms with Crippen LogP contribution in [0.3, 0.4) is 0 Å². The molecule has 0 aromatic carbocycles. The average Bonchev–Trinajstić information content (AvgIpc) is 2.09. The molecule has 0 aliphatic heterocycles. The van der Waals surface area contributed by atoms with Gasteiger partial charge in [0.05, 0.1) is 0 Å². The van der Waals surface area contributed by atoms with Crippen molar-refractivity contribution in [2.45, 2.75) is 37.8 Å². The van der Waals surface area contributed by atoms with Crippen LogP contribution in [0.15, 0.2) is 12.2 Å². The van der Waals surface area contributed by atoms with Gasteiger partial charge in [0, 0.05) is 13.0 Å². The van der Waals surface area contributed by atoms with Crippen LogP contribution in [0.1, 0.15) is 25.7 Å². The molecule has 15 heavy (non-hydrogen) atoms. The van der Waals surface area contributed by atoms with Crippen LogP contribution in [-0.2, 0) is 0 Å². The Balaban J connectivity index is 3.80. The highest BCUT2D eigenvalue weighted by atomic mass is 19.4. The summed E-state index contributed by atoms with van der Waals surface area (Å²) in [5.41, 5.74) is 0. The Morgan fingerprint density at radius 2 is 1.47 bits per heavy atom. The van der Waals surface area contributed by atoms with Crippen LogP contribution >= 0.6 is 0 Å². The number of aliphatic hydroxyl groups excluding tert-OH is 1. The third-order valence-electron chi connectivity index (χ3n) is 1.74. The van der Waals surface area contributed by atoms with Crippen molar-refractivity contribution in [2.24, 2.45) is 0 Å². The highest BCUT2D eigenvalue weighted by molar-refractivity contribution is 4.85. The van der Waals surface area contributed by atoms with Gasteiger partial charge in [0.15, 0.2) is 0 Å². The van der Waals surface area contributed by atoms with Gasteiger partial charge in [-0.2, -0.15) is 22.0 Å². The topological polar surface area (TPSA) is 20.2 Å². The Morgan fingerprint density at radius 1 is 0.933 bits per heavy atom. The first kappa shape index (κ1) is 14.3. The molecular weight excluding hydrogens is 219 g/mol. The van der Waals surface area contributed by atoms with Crippen molar-refractivity contribution in [1.29, 1.82) is 0 Å². The van der Waals surface area contributed by atoms with E-state index in [2.05, 4.69) is 0 Å². The number of halogens is 5. The Kier molecular flexibility index (Phi) is 5.79. The Labute approximate surface area is 84.6 Å². The summed E-state index contributed by atoms with van der Waals surface area (Å²) in [4.78, 5) is 0. The Bertz CT molecular complexity index is 197. The number of allylic oxidation sites excluding steroid dienone is 2. The number of hydrogen-bond donors (Lipinski definition) is 1. The van der Waals surface area contributed by atoms with Gasteiger partial charge in [-0.05, 0) is 19.3 Å². The third-order valence-corrected chi connectivity index (χ3v) is 1.74. The highest BCUT2D eigenvalue weighted by Crippen LogP contribution is 2.38. The lowest BCUT2D eigenvalue weighted by molar-refractivity contribution is -0.283. The van der Waals surface area contributed by atoms with Crippen molar-refractivity contribution in [3.8, 4) is 0 Å². The zero-order chi connectivity index (χ0) is 11.9. The fourth-order valence-corrected chi connectivity index (χ4v) is 0.851. The van der Waals surface area contributed by atoms with Gasteiger partial charge in [0.25, 0.3) is 0 Å². The van der Waals surface area contributed by atoms with Gasteiger partial charge in [0.1, 0.15) is 0 Å². The number of unbranched alkanes of at least 4 members (excludes halogenated alkanes) is 1. The van der Waals surface area contributed by atoms with Crippen LogP contribution < -0.4 is 0 Å².